The lowest BCUT2D eigenvalue weighted by Crippen LogP contribution is -2.36. The number of nitrogens with zero attached hydrogens (tertiary/aromatic N) is 2. The van der Waals surface area contributed by atoms with Crippen LogP contribution < -0.4 is 10.0 Å². The molecule has 1 aromatic carbocycles. The summed E-state index contributed by atoms with van der Waals surface area (Å²) in [7, 11) is -3.60. The van der Waals surface area contributed by atoms with Gasteiger partial charge in [0.05, 0.1) is 4.90 Å². The van der Waals surface area contributed by atoms with E-state index in [0.29, 0.717) is 29.0 Å². The van der Waals surface area contributed by atoms with Crippen LogP contribution in [-0.2, 0) is 10.0 Å². The molecule has 1 fully saturated rings. The largest absolute Gasteiger partial charge is 0.385 e. The molecule has 0 unspecified atom stereocenters. The van der Waals surface area contributed by atoms with E-state index in [0.717, 1.165) is 18.7 Å². The van der Waals surface area contributed by atoms with Crippen molar-refractivity contribution in [1.82, 2.24) is 9.62 Å². The van der Waals surface area contributed by atoms with Crippen molar-refractivity contribution in [2.45, 2.75) is 37.6 Å². The van der Waals surface area contributed by atoms with Crippen LogP contribution in [0.15, 0.2) is 23.1 Å². The SMILES string of the molecule is CC(C)CCNc1ccc(I)c(S(=O)(=O)N[C@@H]2CCN(C#N)C2)c1. The number of hydrogen-bond donors (Lipinski definition) is 2. The summed E-state index contributed by atoms with van der Waals surface area (Å²) in [6.45, 7) is 6.14. The molecule has 2 rings (SSSR count). The predicted octanol–water partition coefficient (Wildman–Crippen LogP) is 2.58. The van der Waals surface area contributed by atoms with Crippen LogP contribution in [-0.4, -0.2) is 39.0 Å². The molecule has 0 bridgehead atoms. The van der Waals surface area contributed by atoms with Gasteiger partial charge in [0.15, 0.2) is 6.19 Å². The van der Waals surface area contributed by atoms with Crippen molar-refractivity contribution < 1.29 is 8.42 Å². The number of nitrogens with one attached hydrogen (secondary N) is 2. The lowest BCUT2D eigenvalue weighted by Gasteiger charge is -2.15. The molecule has 6 nitrogen and oxygen atoms in total. The summed E-state index contributed by atoms with van der Waals surface area (Å²) in [5.41, 5.74) is 0.807. The molecule has 132 valence electrons. The van der Waals surface area contributed by atoms with Crippen molar-refractivity contribution in [3.63, 3.8) is 0 Å². The van der Waals surface area contributed by atoms with Gasteiger partial charge >= 0.3 is 0 Å². The van der Waals surface area contributed by atoms with E-state index in [1.165, 1.54) is 0 Å². The van der Waals surface area contributed by atoms with E-state index in [2.05, 4.69) is 30.1 Å². The van der Waals surface area contributed by atoms with Crippen molar-refractivity contribution >= 4 is 38.3 Å². The van der Waals surface area contributed by atoms with E-state index >= 15 is 0 Å². The van der Waals surface area contributed by atoms with Crippen LogP contribution in [0.1, 0.15) is 26.7 Å². The molecule has 0 amide bonds. The second kappa shape index (κ2) is 8.36. The molecule has 1 heterocycles. The van der Waals surface area contributed by atoms with Crippen molar-refractivity contribution in [1.29, 1.82) is 5.26 Å². The van der Waals surface area contributed by atoms with Gasteiger partial charge in [0.2, 0.25) is 10.0 Å². The summed E-state index contributed by atoms with van der Waals surface area (Å²) in [6.07, 6.45) is 3.73. The maximum absolute atomic E-state index is 12.7. The zero-order chi connectivity index (χ0) is 17.7. The van der Waals surface area contributed by atoms with Crippen LogP contribution in [0.4, 0.5) is 5.69 Å². The molecular weight excluding hydrogens is 439 g/mol. The highest BCUT2D eigenvalue weighted by atomic mass is 127. The van der Waals surface area contributed by atoms with Crippen LogP contribution in [0.5, 0.6) is 0 Å². The smallest absolute Gasteiger partial charge is 0.242 e. The maximum Gasteiger partial charge on any atom is 0.242 e. The van der Waals surface area contributed by atoms with Gasteiger partial charge in [-0.1, -0.05) is 13.8 Å². The Kier molecular flexibility index (Phi) is 6.71. The van der Waals surface area contributed by atoms with Crippen LogP contribution in [0.2, 0.25) is 0 Å². The Balaban J connectivity index is 2.10. The predicted molar refractivity (Wildman–Crippen MR) is 103 cm³/mol. The number of likely N-dealkylation sites (tertiary alicyclic amines) is 1. The maximum atomic E-state index is 12.7. The Labute approximate surface area is 157 Å². The van der Waals surface area contributed by atoms with E-state index in [1.54, 1.807) is 11.0 Å². The fourth-order valence-corrected chi connectivity index (χ4v) is 5.12. The first-order chi connectivity index (χ1) is 11.3. The van der Waals surface area contributed by atoms with E-state index < -0.39 is 10.0 Å². The minimum Gasteiger partial charge on any atom is -0.385 e. The second-order valence-electron chi connectivity index (χ2n) is 6.41. The Bertz CT molecular complexity index is 715. The second-order valence-corrected chi connectivity index (χ2v) is 9.25. The van der Waals surface area contributed by atoms with Gasteiger partial charge in [-0.25, -0.2) is 13.1 Å². The van der Waals surface area contributed by atoms with Gasteiger partial charge in [-0.15, -0.1) is 0 Å². The first kappa shape index (κ1) is 19.3. The van der Waals surface area contributed by atoms with Gasteiger partial charge in [-0.3, -0.25) is 0 Å². The fraction of sp³-hybridized carbons (Fsp3) is 0.562. The fourth-order valence-electron chi connectivity index (χ4n) is 2.55. The molecule has 0 spiro atoms. The molecule has 0 saturated carbocycles. The van der Waals surface area contributed by atoms with Gasteiger partial charge < -0.3 is 10.2 Å². The Morgan fingerprint density at radius 1 is 1.46 bits per heavy atom. The van der Waals surface area contributed by atoms with Gasteiger partial charge in [0.25, 0.3) is 0 Å². The number of anilines is 1. The van der Waals surface area contributed by atoms with Crippen molar-refractivity contribution in [3.05, 3.63) is 21.8 Å². The molecule has 0 aliphatic carbocycles. The lowest BCUT2D eigenvalue weighted by molar-refractivity contribution is 0.470. The van der Waals surface area contributed by atoms with Crippen LogP contribution in [0, 0.1) is 20.9 Å². The zero-order valence-electron chi connectivity index (χ0n) is 13.9. The number of sulfonamides is 1. The Morgan fingerprint density at radius 3 is 2.83 bits per heavy atom. The first-order valence-electron chi connectivity index (χ1n) is 8.02. The summed E-state index contributed by atoms with van der Waals surface area (Å²) in [4.78, 5) is 1.86. The summed E-state index contributed by atoms with van der Waals surface area (Å²) in [5.74, 6) is 0.594. The molecule has 2 N–H and O–H groups in total. The van der Waals surface area contributed by atoms with Gasteiger partial charge in [0, 0.05) is 34.9 Å². The van der Waals surface area contributed by atoms with Crippen molar-refractivity contribution in [2.75, 3.05) is 25.0 Å². The van der Waals surface area contributed by atoms with Crippen molar-refractivity contribution in [3.8, 4) is 6.19 Å². The molecule has 0 aromatic heterocycles. The van der Waals surface area contributed by atoms with E-state index in [-0.39, 0.29) is 10.9 Å². The van der Waals surface area contributed by atoms with Gasteiger partial charge in [-0.05, 0) is 59.5 Å². The third-order valence-corrected chi connectivity index (χ3v) is 6.79. The number of halogens is 1. The highest BCUT2D eigenvalue weighted by Crippen LogP contribution is 2.23. The monoisotopic (exact) mass is 462 g/mol. The van der Waals surface area contributed by atoms with Gasteiger partial charge in [0.1, 0.15) is 0 Å². The molecule has 8 heteroatoms. The van der Waals surface area contributed by atoms with Crippen molar-refractivity contribution in [2.24, 2.45) is 5.92 Å². The molecule has 1 aliphatic rings. The summed E-state index contributed by atoms with van der Waals surface area (Å²) in [5, 5.41) is 12.2. The number of hydrogen-bond acceptors (Lipinski definition) is 5. The minimum atomic E-state index is -3.60. The standard InChI is InChI=1S/C16H23IN4O2S/c1-12(2)5-7-19-13-3-4-15(17)16(9-13)24(22,23)20-14-6-8-21(10-14)11-18/h3-4,9,12,14,19-20H,5-8,10H2,1-2H3/t14-/m1/s1. The lowest BCUT2D eigenvalue weighted by atomic mass is 10.1. The molecule has 24 heavy (non-hydrogen) atoms. The van der Waals surface area contributed by atoms with Gasteiger partial charge in [-0.2, -0.15) is 5.26 Å². The molecular formula is C16H23IN4O2S. The topological polar surface area (TPSA) is 85.2 Å². The molecule has 1 aromatic rings. The number of rotatable bonds is 7. The molecule has 1 saturated heterocycles. The van der Waals surface area contributed by atoms with Crippen LogP contribution in [0.25, 0.3) is 0 Å². The Hall–Kier alpha value is -1.05. The van der Waals surface area contributed by atoms with E-state index in [9.17, 15) is 8.42 Å². The minimum absolute atomic E-state index is 0.219. The van der Waals surface area contributed by atoms with Crippen LogP contribution >= 0.6 is 22.6 Å². The average molecular weight is 462 g/mol. The summed E-state index contributed by atoms with van der Waals surface area (Å²) in [6, 6.07) is 5.17. The first-order valence-corrected chi connectivity index (χ1v) is 10.6. The normalized spacial score (nSPS) is 18.0. The number of benzene rings is 1. The number of nitriles is 1. The molecule has 1 atom stereocenters. The average Bonchev–Trinajstić information content (AvgIpc) is 2.95. The van der Waals surface area contributed by atoms with Crippen LogP contribution in [0.3, 0.4) is 0 Å². The summed E-state index contributed by atoms with van der Waals surface area (Å²) < 4.78 is 28.8. The third kappa shape index (κ3) is 5.22. The highest BCUT2D eigenvalue weighted by Gasteiger charge is 2.28. The zero-order valence-corrected chi connectivity index (χ0v) is 16.9. The highest BCUT2D eigenvalue weighted by molar-refractivity contribution is 14.1. The molecule has 0 radical (unpaired) electrons. The Morgan fingerprint density at radius 2 is 2.21 bits per heavy atom. The summed E-state index contributed by atoms with van der Waals surface area (Å²) >= 11 is 2.04. The van der Waals surface area contributed by atoms with E-state index in [4.69, 9.17) is 5.26 Å². The third-order valence-electron chi connectivity index (χ3n) is 3.92. The molecule has 1 aliphatic heterocycles. The quantitative estimate of drug-likeness (QED) is 0.481. The van der Waals surface area contributed by atoms with E-state index in [1.807, 2.05) is 34.7 Å².